The first-order valence-corrected chi connectivity index (χ1v) is 6.05. The Bertz CT molecular complexity index is 415. The third-order valence-corrected chi connectivity index (χ3v) is 2.80. The summed E-state index contributed by atoms with van der Waals surface area (Å²) in [5.41, 5.74) is -0.959. The van der Waals surface area contributed by atoms with E-state index >= 15 is 0 Å². The molecule has 0 amide bonds. The van der Waals surface area contributed by atoms with Gasteiger partial charge in [0.2, 0.25) is 0 Å². The summed E-state index contributed by atoms with van der Waals surface area (Å²) >= 11 is 0. The third kappa shape index (κ3) is 4.74. The summed E-state index contributed by atoms with van der Waals surface area (Å²) in [5.74, 6) is 0.540. The molecule has 0 saturated carbocycles. The number of methoxy groups -OCH3 is 1. The van der Waals surface area contributed by atoms with Gasteiger partial charge in [-0.3, -0.25) is 0 Å². The minimum Gasteiger partial charge on any atom is -0.491 e. The van der Waals surface area contributed by atoms with Crippen LogP contribution in [0.3, 0.4) is 0 Å². The fraction of sp³-hybridized carbons (Fsp3) is 0.571. The number of rotatable bonds is 5. The molecule has 1 rings (SSSR count). The number of ether oxygens (including phenoxy) is 2. The molecule has 1 unspecified atom stereocenters. The molecule has 0 N–H and O–H groups in total. The monoisotopic (exact) mass is 276 g/mol. The Labute approximate surface area is 111 Å². The zero-order valence-electron chi connectivity index (χ0n) is 11.5. The van der Waals surface area contributed by atoms with Crippen molar-refractivity contribution < 1.29 is 22.6 Å². The van der Waals surface area contributed by atoms with Gasteiger partial charge < -0.3 is 9.47 Å². The second kappa shape index (κ2) is 5.82. The van der Waals surface area contributed by atoms with Crippen molar-refractivity contribution in [2.24, 2.45) is 0 Å². The fourth-order valence-electron chi connectivity index (χ4n) is 1.85. The van der Waals surface area contributed by atoms with E-state index in [4.69, 9.17) is 9.47 Å². The van der Waals surface area contributed by atoms with Gasteiger partial charge in [0.15, 0.2) is 0 Å². The molecule has 108 valence electrons. The summed E-state index contributed by atoms with van der Waals surface area (Å²) in [6.07, 6.45) is -5.37. The van der Waals surface area contributed by atoms with Crippen LogP contribution in [-0.2, 0) is 10.3 Å². The predicted octanol–water partition coefficient (Wildman–Crippen LogP) is 4.29. The molecule has 0 aliphatic rings. The largest absolute Gasteiger partial charge is 0.491 e. The molecule has 0 fully saturated rings. The van der Waals surface area contributed by atoms with Gasteiger partial charge in [-0.1, -0.05) is 12.1 Å². The van der Waals surface area contributed by atoms with Gasteiger partial charge in [0.05, 0.1) is 18.1 Å². The van der Waals surface area contributed by atoms with Crippen LogP contribution in [-0.4, -0.2) is 19.4 Å². The molecule has 1 aromatic rings. The minimum absolute atomic E-state index is 0.0355. The first-order chi connectivity index (χ1) is 8.66. The van der Waals surface area contributed by atoms with E-state index in [9.17, 15) is 13.2 Å². The van der Waals surface area contributed by atoms with Crippen LogP contribution < -0.4 is 4.74 Å². The van der Waals surface area contributed by atoms with Gasteiger partial charge in [0.1, 0.15) is 5.75 Å². The van der Waals surface area contributed by atoms with Crippen LogP contribution in [0.4, 0.5) is 13.2 Å². The lowest BCUT2D eigenvalue weighted by atomic mass is 9.92. The van der Waals surface area contributed by atoms with Crippen molar-refractivity contribution >= 4 is 0 Å². The Hall–Kier alpha value is -1.23. The summed E-state index contributed by atoms with van der Waals surface area (Å²) in [6.45, 7) is 5.14. The zero-order valence-corrected chi connectivity index (χ0v) is 11.5. The molecule has 5 heteroatoms. The maximum absolute atomic E-state index is 12.6. The molecule has 0 aliphatic carbocycles. The van der Waals surface area contributed by atoms with Gasteiger partial charge in [-0.15, -0.1) is 0 Å². The lowest BCUT2D eigenvalue weighted by Crippen LogP contribution is -2.31. The van der Waals surface area contributed by atoms with E-state index in [1.807, 2.05) is 13.8 Å². The van der Waals surface area contributed by atoms with Crippen molar-refractivity contribution in [1.82, 2.24) is 0 Å². The summed E-state index contributed by atoms with van der Waals surface area (Å²) < 4.78 is 48.4. The van der Waals surface area contributed by atoms with Crippen LogP contribution in [0.2, 0.25) is 0 Å². The quantitative estimate of drug-likeness (QED) is 0.798. The van der Waals surface area contributed by atoms with Gasteiger partial charge in [-0.05, 0) is 38.5 Å². The van der Waals surface area contributed by atoms with Crippen LogP contribution >= 0.6 is 0 Å². The molecule has 1 aromatic carbocycles. The maximum Gasteiger partial charge on any atom is 0.392 e. The van der Waals surface area contributed by atoms with E-state index in [0.29, 0.717) is 11.3 Å². The molecule has 0 radical (unpaired) electrons. The highest BCUT2D eigenvalue weighted by Gasteiger charge is 2.40. The number of hydrogen-bond acceptors (Lipinski definition) is 2. The van der Waals surface area contributed by atoms with Crippen molar-refractivity contribution in [3.8, 4) is 5.75 Å². The highest BCUT2D eigenvalue weighted by Crippen LogP contribution is 2.38. The lowest BCUT2D eigenvalue weighted by Gasteiger charge is -2.30. The molecule has 1 atom stereocenters. The molecular weight excluding hydrogens is 257 g/mol. The Morgan fingerprint density at radius 2 is 1.84 bits per heavy atom. The highest BCUT2D eigenvalue weighted by molar-refractivity contribution is 5.32. The van der Waals surface area contributed by atoms with Gasteiger partial charge >= 0.3 is 6.18 Å². The number of alkyl halides is 3. The van der Waals surface area contributed by atoms with Crippen molar-refractivity contribution in [2.75, 3.05) is 7.11 Å². The van der Waals surface area contributed by atoms with Crippen molar-refractivity contribution in [2.45, 2.75) is 45.1 Å². The van der Waals surface area contributed by atoms with Crippen molar-refractivity contribution in [3.63, 3.8) is 0 Å². The number of hydrogen-bond donors (Lipinski definition) is 0. The van der Waals surface area contributed by atoms with Gasteiger partial charge in [0.25, 0.3) is 0 Å². The third-order valence-electron chi connectivity index (χ3n) is 2.80. The first kappa shape index (κ1) is 15.8. The Morgan fingerprint density at radius 1 is 1.21 bits per heavy atom. The van der Waals surface area contributed by atoms with Crippen LogP contribution in [0.25, 0.3) is 0 Å². The summed E-state index contributed by atoms with van der Waals surface area (Å²) in [5, 5.41) is 0. The summed E-state index contributed by atoms with van der Waals surface area (Å²) in [6, 6.07) is 6.59. The van der Waals surface area contributed by atoms with E-state index in [2.05, 4.69) is 0 Å². The maximum atomic E-state index is 12.6. The average molecular weight is 276 g/mol. The van der Waals surface area contributed by atoms with E-state index in [1.165, 1.54) is 14.0 Å². The Kier molecular flexibility index (Phi) is 4.85. The van der Waals surface area contributed by atoms with E-state index in [1.54, 1.807) is 24.3 Å². The molecule has 0 heterocycles. The van der Waals surface area contributed by atoms with Gasteiger partial charge in [-0.2, -0.15) is 13.2 Å². The molecule has 0 aromatic heterocycles. The van der Waals surface area contributed by atoms with Crippen LogP contribution in [0.5, 0.6) is 5.75 Å². The fourth-order valence-corrected chi connectivity index (χ4v) is 1.85. The average Bonchev–Trinajstić information content (AvgIpc) is 2.26. The van der Waals surface area contributed by atoms with E-state index in [-0.39, 0.29) is 6.10 Å². The smallest absolute Gasteiger partial charge is 0.392 e. The molecule has 0 saturated heterocycles. The second-order valence-corrected chi connectivity index (χ2v) is 4.92. The van der Waals surface area contributed by atoms with Crippen LogP contribution in [0, 0.1) is 0 Å². The summed E-state index contributed by atoms with van der Waals surface area (Å²) in [7, 11) is 1.28. The highest BCUT2D eigenvalue weighted by atomic mass is 19.4. The molecule has 0 spiro atoms. The Balaban J connectivity index is 3.04. The molecular formula is C14H19F3O2. The van der Waals surface area contributed by atoms with E-state index < -0.39 is 18.2 Å². The lowest BCUT2D eigenvalue weighted by molar-refractivity contribution is -0.181. The zero-order chi connectivity index (χ0) is 14.7. The van der Waals surface area contributed by atoms with E-state index in [0.717, 1.165) is 0 Å². The topological polar surface area (TPSA) is 18.5 Å². The van der Waals surface area contributed by atoms with Crippen molar-refractivity contribution in [1.29, 1.82) is 0 Å². The molecule has 0 aliphatic heterocycles. The SMILES string of the molecule is COC(C)(CC(F)(F)F)c1cccc(OC(C)C)c1. The first-order valence-electron chi connectivity index (χ1n) is 6.05. The minimum atomic E-state index is -4.29. The molecule has 19 heavy (non-hydrogen) atoms. The predicted molar refractivity (Wildman–Crippen MR) is 67.2 cm³/mol. The summed E-state index contributed by atoms with van der Waals surface area (Å²) in [4.78, 5) is 0. The Morgan fingerprint density at radius 3 is 2.32 bits per heavy atom. The molecule has 2 nitrogen and oxygen atoms in total. The van der Waals surface area contributed by atoms with Gasteiger partial charge in [-0.25, -0.2) is 0 Å². The number of benzene rings is 1. The van der Waals surface area contributed by atoms with Gasteiger partial charge in [0, 0.05) is 7.11 Å². The van der Waals surface area contributed by atoms with Crippen LogP contribution in [0.15, 0.2) is 24.3 Å². The van der Waals surface area contributed by atoms with Crippen molar-refractivity contribution in [3.05, 3.63) is 29.8 Å². The van der Waals surface area contributed by atoms with Crippen LogP contribution in [0.1, 0.15) is 32.8 Å². The second-order valence-electron chi connectivity index (χ2n) is 4.92. The molecule has 0 bridgehead atoms. The normalized spacial score (nSPS) is 15.4. The number of halogens is 3. The standard InChI is InChI=1S/C14H19F3O2/c1-10(2)19-12-7-5-6-11(8-12)13(3,18-4)9-14(15,16)17/h5-8,10H,9H2,1-4H3.